The maximum atomic E-state index is 12.7. The summed E-state index contributed by atoms with van der Waals surface area (Å²) in [6.07, 6.45) is 1.84. The van der Waals surface area contributed by atoms with Gasteiger partial charge < -0.3 is 14.5 Å². The Labute approximate surface area is 148 Å². The van der Waals surface area contributed by atoms with Crippen LogP contribution in [0.15, 0.2) is 24.3 Å². The zero-order valence-electron chi connectivity index (χ0n) is 14.5. The SMILES string of the molecule is O=C(CN1CCc2ccccc2C1=O)N1CCC(N2CCOCC2)C1. The molecule has 3 aliphatic rings. The summed E-state index contributed by atoms with van der Waals surface area (Å²) < 4.78 is 5.41. The number of benzene rings is 1. The highest BCUT2D eigenvalue weighted by Gasteiger charge is 2.33. The van der Waals surface area contributed by atoms with Crippen molar-refractivity contribution in [1.29, 1.82) is 0 Å². The van der Waals surface area contributed by atoms with E-state index in [1.54, 1.807) is 4.90 Å². The van der Waals surface area contributed by atoms with Crippen molar-refractivity contribution in [3.05, 3.63) is 35.4 Å². The number of carbonyl (C=O) groups is 2. The summed E-state index contributed by atoms with van der Waals surface area (Å²) in [6, 6.07) is 8.14. The summed E-state index contributed by atoms with van der Waals surface area (Å²) in [5.74, 6) is 0.0580. The Bertz CT molecular complexity index is 657. The van der Waals surface area contributed by atoms with Gasteiger partial charge in [0.1, 0.15) is 6.54 Å². The van der Waals surface area contributed by atoms with E-state index in [9.17, 15) is 9.59 Å². The van der Waals surface area contributed by atoms with Crippen molar-refractivity contribution < 1.29 is 14.3 Å². The molecule has 3 aliphatic heterocycles. The van der Waals surface area contributed by atoms with Gasteiger partial charge in [0.2, 0.25) is 5.91 Å². The summed E-state index contributed by atoms with van der Waals surface area (Å²) in [4.78, 5) is 31.4. The van der Waals surface area contributed by atoms with Gasteiger partial charge in [-0.05, 0) is 24.5 Å². The normalized spacial score (nSPS) is 24.5. The van der Waals surface area contributed by atoms with Gasteiger partial charge in [-0.3, -0.25) is 14.5 Å². The van der Waals surface area contributed by atoms with Crippen LogP contribution in [-0.2, 0) is 16.0 Å². The zero-order valence-corrected chi connectivity index (χ0v) is 14.5. The number of rotatable bonds is 3. The van der Waals surface area contributed by atoms with E-state index in [1.807, 2.05) is 29.2 Å². The van der Waals surface area contributed by atoms with Crippen molar-refractivity contribution in [2.45, 2.75) is 18.9 Å². The standard InChI is InChI=1S/C19H25N3O3/c23-18(21-8-6-16(13-21)20-9-11-25-12-10-20)14-22-7-5-15-3-1-2-4-17(15)19(22)24/h1-4,16H,5-14H2. The van der Waals surface area contributed by atoms with Crippen molar-refractivity contribution in [1.82, 2.24) is 14.7 Å². The van der Waals surface area contributed by atoms with Gasteiger partial charge in [-0.15, -0.1) is 0 Å². The van der Waals surface area contributed by atoms with Crippen molar-refractivity contribution in [2.75, 3.05) is 52.5 Å². The van der Waals surface area contributed by atoms with Crippen LogP contribution < -0.4 is 0 Å². The molecule has 2 fully saturated rings. The Balaban J connectivity index is 1.34. The molecule has 1 aromatic carbocycles. The van der Waals surface area contributed by atoms with Crippen LogP contribution >= 0.6 is 0 Å². The number of nitrogens with zero attached hydrogens (tertiary/aromatic N) is 3. The summed E-state index contributed by atoms with van der Waals surface area (Å²) in [7, 11) is 0. The van der Waals surface area contributed by atoms with Crippen LogP contribution in [0.5, 0.6) is 0 Å². The molecule has 1 aromatic rings. The summed E-state index contributed by atoms with van der Waals surface area (Å²) in [5.41, 5.74) is 1.83. The first-order valence-corrected chi connectivity index (χ1v) is 9.19. The lowest BCUT2D eigenvalue weighted by molar-refractivity contribution is -0.131. The quantitative estimate of drug-likeness (QED) is 0.807. The number of amides is 2. The number of morpholine rings is 1. The Hall–Kier alpha value is -1.92. The van der Waals surface area contributed by atoms with Crippen LogP contribution in [0.4, 0.5) is 0 Å². The number of fused-ring (bicyclic) bond motifs is 1. The molecule has 25 heavy (non-hydrogen) atoms. The second-order valence-electron chi connectivity index (χ2n) is 7.06. The average molecular weight is 343 g/mol. The third kappa shape index (κ3) is 3.41. The Morgan fingerprint density at radius 3 is 2.76 bits per heavy atom. The van der Waals surface area contributed by atoms with E-state index in [4.69, 9.17) is 4.74 Å². The van der Waals surface area contributed by atoms with E-state index in [0.717, 1.165) is 63.4 Å². The van der Waals surface area contributed by atoms with Crippen molar-refractivity contribution in [3.8, 4) is 0 Å². The van der Waals surface area contributed by atoms with Gasteiger partial charge in [0.25, 0.3) is 5.91 Å². The fraction of sp³-hybridized carbons (Fsp3) is 0.579. The molecule has 2 saturated heterocycles. The fourth-order valence-electron chi connectivity index (χ4n) is 4.10. The first-order valence-electron chi connectivity index (χ1n) is 9.19. The van der Waals surface area contributed by atoms with Gasteiger partial charge >= 0.3 is 0 Å². The highest BCUT2D eigenvalue weighted by atomic mass is 16.5. The molecule has 134 valence electrons. The number of carbonyl (C=O) groups excluding carboxylic acids is 2. The molecule has 0 aliphatic carbocycles. The van der Waals surface area contributed by atoms with Gasteiger partial charge in [-0.25, -0.2) is 0 Å². The van der Waals surface area contributed by atoms with E-state index < -0.39 is 0 Å². The highest BCUT2D eigenvalue weighted by molar-refractivity contribution is 5.98. The predicted octanol–water partition coefficient (Wildman–Crippen LogP) is 0.618. The predicted molar refractivity (Wildman–Crippen MR) is 93.4 cm³/mol. The van der Waals surface area contributed by atoms with E-state index in [0.29, 0.717) is 12.6 Å². The first-order chi connectivity index (χ1) is 12.2. The molecule has 0 spiro atoms. The van der Waals surface area contributed by atoms with Gasteiger partial charge in [-0.1, -0.05) is 18.2 Å². The summed E-state index contributed by atoms with van der Waals surface area (Å²) >= 11 is 0. The number of ether oxygens (including phenoxy) is 1. The molecule has 6 nitrogen and oxygen atoms in total. The Kier molecular flexibility index (Phi) is 4.72. The van der Waals surface area contributed by atoms with Crippen molar-refractivity contribution >= 4 is 11.8 Å². The third-order valence-corrected chi connectivity index (χ3v) is 5.59. The number of hydrogen-bond acceptors (Lipinski definition) is 4. The maximum absolute atomic E-state index is 12.7. The molecule has 1 atom stereocenters. The zero-order chi connectivity index (χ0) is 17.2. The monoisotopic (exact) mass is 343 g/mol. The molecule has 0 bridgehead atoms. The molecule has 0 aromatic heterocycles. The van der Waals surface area contributed by atoms with Crippen molar-refractivity contribution in [2.24, 2.45) is 0 Å². The number of likely N-dealkylation sites (tertiary alicyclic amines) is 1. The lowest BCUT2D eigenvalue weighted by atomic mass is 9.99. The molecule has 4 rings (SSSR count). The molecule has 6 heteroatoms. The van der Waals surface area contributed by atoms with Gasteiger partial charge in [0, 0.05) is 44.3 Å². The molecule has 0 saturated carbocycles. The van der Waals surface area contributed by atoms with Crippen LogP contribution in [-0.4, -0.2) is 85.0 Å². The van der Waals surface area contributed by atoms with Gasteiger partial charge in [-0.2, -0.15) is 0 Å². The van der Waals surface area contributed by atoms with Crippen molar-refractivity contribution in [3.63, 3.8) is 0 Å². The van der Waals surface area contributed by atoms with Crippen LogP contribution in [0.3, 0.4) is 0 Å². The average Bonchev–Trinajstić information content (AvgIpc) is 3.15. The molecular weight excluding hydrogens is 318 g/mol. The minimum absolute atomic E-state index is 0.0147. The fourth-order valence-corrected chi connectivity index (χ4v) is 4.10. The molecule has 1 unspecified atom stereocenters. The van der Waals surface area contributed by atoms with E-state index >= 15 is 0 Å². The molecule has 2 amide bonds. The molecule has 0 radical (unpaired) electrons. The summed E-state index contributed by atoms with van der Waals surface area (Å²) in [6.45, 7) is 5.86. The highest BCUT2D eigenvalue weighted by Crippen LogP contribution is 2.20. The van der Waals surface area contributed by atoms with E-state index in [1.165, 1.54) is 0 Å². The number of hydrogen-bond donors (Lipinski definition) is 0. The topological polar surface area (TPSA) is 53.1 Å². The van der Waals surface area contributed by atoms with E-state index in [-0.39, 0.29) is 18.4 Å². The summed E-state index contributed by atoms with van der Waals surface area (Å²) in [5, 5.41) is 0. The third-order valence-electron chi connectivity index (χ3n) is 5.59. The Morgan fingerprint density at radius 2 is 1.92 bits per heavy atom. The van der Waals surface area contributed by atoms with Crippen LogP contribution in [0.2, 0.25) is 0 Å². The lowest BCUT2D eigenvalue weighted by Crippen LogP contribution is -2.47. The maximum Gasteiger partial charge on any atom is 0.254 e. The second kappa shape index (κ2) is 7.14. The Morgan fingerprint density at radius 1 is 1.12 bits per heavy atom. The largest absolute Gasteiger partial charge is 0.379 e. The van der Waals surface area contributed by atoms with Crippen LogP contribution in [0.1, 0.15) is 22.3 Å². The molecular formula is C19H25N3O3. The van der Waals surface area contributed by atoms with Crippen LogP contribution in [0, 0.1) is 0 Å². The molecule has 3 heterocycles. The lowest BCUT2D eigenvalue weighted by Gasteiger charge is -2.32. The first kappa shape index (κ1) is 16.5. The minimum Gasteiger partial charge on any atom is -0.379 e. The minimum atomic E-state index is -0.0147. The van der Waals surface area contributed by atoms with Crippen LogP contribution in [0.25, 0.3) is 0 Å². The van der Waals surface area contributed by atoms with E-state index in [2.05, 4.69) is 4.90 Å². The second-order valence-corrected chi connectivity index (χ2v) is 7.06. The smallest absolute Gasteiger partial charge is 0.254 e. The van der Waals surface area contributed by atoms with Gasteiger partial charge in [0.05, 0.1) is 13.2 Å². The van der Waals surface area contributed by atoms with Gasteiger partial charge in [0.15, 0.2) is 0 Å². The molecule has 0 N–H and O–H groups in total.